The van der Waals surface area contributed by atoms with E-state index in [1.165, 1.54) is 24.3 Å². The van der Waals surface area contributed by atoms with E-state index in [2.05, 4.69) is 0 Å². The molecule has 0 spiro atoms. The van der Waals surface area contributed by atoms with Gasteiger partial charge in [-0.1, -0.05) is 12.1 Å². The fourth-order valence-corrected chi connectivity index (χ4v) is 3.38. The van der Waals surface area contributed by atoms with Gasteiger partial charge in [-0.15, -0.1) is 0 Å². The molecule has 2 unspecified atom stereocenters. The predicted molar refractivity (Wildman–Crippen MR) is 89.5 cm³/mol. The Morgan fingerprint density at radius 3 is 1.88 bits per heavy atom. The van der Waals surface area contributed by atoms with Crippen molar-refractivity contribution in [2.75, 3.05) is 13.2 Å². The highest BCUT2D eigenvalue weighted by Gasteiger charge is 2.62. The lowest BCUT2D eigenvalue weighted by Gasteiger charge is -2.47. The molecule has 0 saturated heterocycles. The zero-order chi connectivity index (χ0) is 19.5. The van der Waals surface area contributed by atoms with E-state index in [9.17, 15) is 24.2 Å². The van der Waals surface area contributed by atoms with Gasteiger partial charge in [-0.05, 0) is 50.3 Å². The van der Waals surface area contributed by atoms with Gasteiger partial charge in [-0.25, -0.2) is 14.0 Å². The van der Waals surface area contributed by atoms with Crippen LogP contribution in [0, 0.1) is 5.82 Å². The number of ether oxygens (including phenoxy) is 2. The van der Waals surface area contributed by atoms with E-state index in [1.807, 2.05) is 0 Å². The van der Waals surface area contributed by atoms with Crippen LogP contribution >= 0.6 is 0 Å². The van der Waals surface area contributed by atoms with Gasteiger partial charge in [0.05, 0.1) is 19.3 Å². The average molecular weight is 369 g/mol. The van der Waals surface area contributed by atoms with Crippen molar-refractivity contribution >= 4 is 11.9 Å². The lowest BCUT2D eigenvalue weighted by Crippen LogP contribution is -2.71. The third-order valence-corrected chi connectivity index (χ3v) is 4.74. The van der Waals surface area contributed by atoms with Crippen LogP contribution in [0.2, 0.25) is 0 Å². The number of benzene rings is 1. The van der Waals surface area contributed by atoms with Crippen molar-refractivity contribution in [1.29, 1.82) is 0 Å². The number of nitrogens with two attached hydrogens (primary N) is 1. The van der Waals surface area contributed by atoms with Gasteiger partial charge in [0.1, 0.15) is 5.82 Å². The normalized spacial score (nSPS) is 31.3. The van der Waals surface area contributed by atoms with Crippen LogP contribution in [0.5, 0.6) is 0 Å². The summed E-state index contributed by atoms with van der Waals surface area (Å²) in [6.07, 6.45) is -0.360. The van der Waals surface area contributed by atoms with Crippen LogP contribution in [-0.4, -0.2) is 52.6 Å². The zero-order valence-electron chi connectivity index (χ0n) is 14.8. The summed E-state index contributed by atoms with van der Waals surface area (Å²) in [5.74, 6) is -3.15. The number of aliphatic hydroxyl groups is 2. The molecule has 0 bridgehead atoms. The van der Waals surface area contributed by atoms with Crippen molar-refractivity contribution in [1.82, 2.24) is 0 Å². The van der Waals surface area contributed by atoms with Crippen LogP contribution in [0.4, 0.5) is 4.39 Å². The van der Waals surface area contributed by atoms with Gasteiger partial charge in [-0.2, -0.15) is 0 Å². The van der Waals surface area contributed by atoms with Crippen molar-refractivity contribution < 1.29 is 33.7 Å². The molecule has 0 amide bonds. The number of hydrogen-bond donors (Lipinski definition) is 3. The van der Waals surface area contributed by atoms with Crippen LogP contribution < -0.4 is 5.73 Å². The van der Waals surface area contributed by atoms with Crippen LogP contribution in [0.1, 0.15) is 38.2 Å². The van der Waals surface area contributed by atoms with E-state index in [0.29, 0.717) is 5.56 Å². The zero-order valence-corrected chi connectivity index (χ0v) is 14.8. The first-order chi connectivity index (χ1) is 12.2. The van der Waals surface area contributed by atoms with Crippen LogP contribution in [0.15, 0.2) is 24.3 Å². The molecule has 7 nitrogen and oxygen atoms in total. The highest BCUT2D eigenvalue weighted by molar-refractivity contribution is 5.87. The molecule has 2 rings (SSSR count). The lowest BCUT2D eigenvalue weighted by atomic mass is 9.64. The van der Waals surface area contributed by atoms with Crippen molar-refractivity contribution in [2.45, 2.75) is 49.9 Å². The van der Waals surface area contributed by atoms with Gasteiger partial charge in [0.2, 0.25) is 0 Å². The number of hydrogen-bond acceptors (Lipinski definition) is 7. The minimum atomic E-state index is -2.30. The first kappa shape index (κ1) is 20.3. The van der Waals surface area contributed by atoms with Crippen LogP contribution in [-0.2, 0) is 19.1 Å². The number of esters is 2. The van der Waals surface area contributed by atoms with Crippen LogP contribution in [0.25, 0.3) is 0 Å². The fraction of sp³-hybridized carbons (Fsp3) is 0.556. The topological polar surface area (TPSA) is 119 Å². The summed E-state index contributed by atoms with van der Waals surface area (Å²) in [5.41, 5.74) is 1.91. The molecule has 0 aliphatic heterocycles. The molecule has 4 atom stereocenters. The van der Waals surface area contributed by atoms with E-state index in [0.717, 1.165) is 0 Å². The minimum absolute atomic E-state index is 0.00703. The van der Waals surface area contributed by atoms with E-state index >= 15 is 0 Å². The molecule has 144 valence electrons. The smallest absolute Gasteiger partial charge is 0.339 e. The Morgan fingerprint density at radius 2 is 1.50 bits per heavy atom. The first-order valence-corrected chi connectivity index (χ1v) is 8.49. The Bertz CT molecular complexity index is 632. The van der Waals surface area contributed by atoms with Gasteiger partial charge in [-0.3, -0.25) is 0 Å². The van der Waals surface area contributed by atoms with Crippen LogP contribution in [0.3, 0.4) is 0 Å². The molecule has 0 aromatic heterocycles. The Labute approximate surface area is 150 Å². The Hall–Kier alpha value is -2.03. The number of rotatable bonds is 5. The maximum Gasteiger partial charge on any atom is 0.339 e. The van der Waals surface area contributed by atoms with Gasteiger partial charge in [0, 0.05) is 0 Å². The molecule has 1 aromatic carbocycles. The molecule has 0 heterocycles. The van der Waals surface area contributed by atoms with Crippen molar-refractivity contribution in [3.63, 3.8) is 0 Å². The predicted octanol–water partition coefficient (Wildman–Crippen LogP) is 0.619. The SMILES string of the molecule is CCOC(=O)[C@]1(O)CC(c2ccc(F)cc2)C[C@](O)(C(=O)OCC)C1N. The second kappa shape index (κ2) is 7.69. The standard InChI is InChI=1S/C18H24FNO6/c1-3-25-15(21)17(23)9-12(11-5-7-13(19)8-6-11)10-18(24,14(17)20)16(22)26-4-2/h5-8,12,14,23-24H,3-4,9-10,20H2,1-2H3/t12?,14?,17-,18+. The Morgan fingerprint density at radius 1 is 1.08 bits per heavy atom. The summed E-state index contributed by atoms with van der Waals surface area (Å²) in [6.45, 7) is 3.11. The molecule has 4 N–H and O–H groups in total. The summed E-state index contributed by atoms with van der Waals surface area (Å²) < 4.78 is 23.0. The molecule has 1 aliphatic carbocycles. The minimum Gasteiger partial charge on any atom is -0.464 e. The van der Waals surface area contributed by atoms with Gasteiger partial charge in [0.25, 0.3) is 0 Å². The largest absolute Gasteiger partial charge is 0.464 e. The van der Waals surface area contributed by atoms with Gasteiger partial charge in [0.15, 0.2) is 11.2 Å². The fourth-order valence-electron chi connectivity index (χ4n) is 3.38. The maximum absolute atomic E-state index is 13.2. The second-order valence-electron chi connectivity index (χ2n) is 6.42. The number of carbonyl (C=O) groups is 2. The summed E-state index contributed by atoms with van der Waals surface area (Å²) in [7, 11) is 0. The highest BCUT2D eigenvalue weighted by atomic mass is 19.1. The van der Waals surface area contributed by atoms with Gasteiger partial charge >= 0.3 is 11.9 Å². The third kappa shape index (κ3) is 3.58. The summed E-state index contributed by atoms with van der Waals surface area (Å²) in [5, 5.41) is 21.9. The first-order valence-electron chi connectivity index (χ1n) is 8.49. The van der Waals surface area contributed by atoms with E-state index in [-0.39, 0.29) is 26.1 Å². The molecular weight excluding hydrogens is 345 g/mol. The Kier molecular flexibility index (Phi) is 6.00. The summed E-state index contributed by atoms with van der Waals surface area (Å²) in [6, 6.07) is 3.74. The van der Waals surface area contributed by atoms with Crippen molar-refractivity contribution in [3.05, 3.63) is 35.6 Å². The average Bonchev–Trinajstić information content (AvgIpc) is 2.60. The monoisotopic (exact) mass is 369 g/mol. The second-order valence-corrected chi connectivity index (χ2v) is 6.42. The molecule has 8 heteroatoms. The molecule has 1 saturated carbocycles. The van der Waals surface area contributed by atoms with Crippen molar-refractivity contribution in [2.24, 2.45) is 5.73 Å². The van der Waals surface area contributed by atoms with E-state index in [1.54, 1.807) is 13.8 Å². The maximum atomic E-state index is 13.2. The Balaban J connectivity index is 2.47. The summed E-state index contributed by atoms with van der Waals surface area (Å²) in [4.78, 5) is 24.7. The van der Waals surface area contributed by atoms with Crippen molar-refractivity contribution in [3.8, 4) is 0 Å². The number of carbonyl (C=O) groups excluding carboxylic acids is 2. The summed E-state index contributed by atoms with van der Waals surface area (Å²) >= 11 is 0. The molecule has 1 fully saturated rings. The molecule has 26 heavy (non-hydrogen) atoms. The molecule has 0 radical (unpaired) electrons. The third-order valence-electron chi connectivity index (χ3n) is 4.74. The lowest BCUT2D eigenvalue weighted by molar-refractivity contribution is -0.198. The quantitative estimate of drug-likeness (QED) is 0.651. The van der Waals surface area contributed by atoms with E-state index < -0.39 is 40.9 Å². The highest BCUT2D eigenvalue weighted by Crippen LogP contribution is 2.44. The van der Waals surface area contributed by atoms with E-state index in [4.69, 9.17) is 15.2 Å². The molecule has 1 aromatic rings. The molecular formula is C18H24FNO6. The number of halogens is 1. The van der Waals surface area contributed by atoms with Gasteiger partial charge < -0.3 is 25.4 Å². The molecule has 1 aliphatic rings.